The zero-order valence-electron chi connectivity index (χ0n) is 15.9. The molecule has 1 aromatic rings. The molecule has 5 rings (SSSR count). The van der Waals surface area contributed by atoms with Gasteiger partial charge in [-0.05, 0) is 26.0 Å². The molecule has 4 aliphatic rings. The van der Waals surface area contributed by atoms with Gasteiger partial charge in [-0.15, -0.1) is 0 Å². The molecule has 2 amide bonds. The lowest BCUT2D eigenvalue weighted by molar-refractivity contribution is -0.159. The molecule has 3 fully saturated rings. The predicted molar refractivity (Wildman–Crippen MR) is 98.5 cm³/mol. The third kappa shape index (κ3) is 1.69. The highest BCUT2D eigenvalue weighted by molar-refractivity contribution is 8.04. The van der Waals surface area contributed by atoms with Gasteiger partial charge in [0.2, 0.25) is 12.5 Å². The van der Waals surface area contributed by atoms with Crippen molar-refractivity contribution in [3.63, 3.8) is 0 Å². The van der Waals surface area contributed by atoms with E-state index in [4.69, 9.17) is 14.2 Å². The van der Waals surface area contributed by atoms with Crippen LogP contribution in [0.15, 0.2) is 12.1 Å². The van der Waals surface area contributed by atoms with Crippen molar-refractivity contribution < 1.29 is 23.8 Å². The van der Waals surface area contributed by atoms with E-state index in [9.17, 15) is 14.9 Å². The predicted octanol–water partition coefficient (Wildman–Crippen LogP) is 1.86. The second-order valence-electron chi connectivity index (χ2n) is 7.94. The van der Waals surface area contributed by atoms with Crippen LogP contribution in [-0.2, 0) is 9.59 Å². The molecule has 4 aliphatic heterocycles. The molecule has 146 valence electrons. The molecule has 2 bridgehead atoms. The van der Waals surface area contributed by atoms with Crippen molar-refractivity contribution in [2.75, 3.05) is 21.0 Å². The average Bonchev–Trinajstić information content (AvgIpc) is 3.35. The van der Waals surface area contributed by atoms with Gasteiger partial charge in [0.1, 0.15) is 0 Å². The fraction of sp³-hybridized carbons (Fsp3) is 0.526. The highest BCUT2D eigenvalue weighted by atomic mass is 32.2. The topological polar surface area (TPSA) is 92.1 Å². The van der Waals surface area contributed by atoms with Gasteiger partial charge in [-0.3, -0.25) is 9.59 Å². The smallest absolute Gasteiger partial charge is 0.261 e. The number of amides is 2. The number of methoxy groups -OCH3 is 1. The highest BCUT2D eigenvalue weighted by Gasteiger charge is 2.79. The number of hydrogen-bond donors (Lipinski definition) is 0. The van der Waals surface area contributed by atoms with Crippen LogP contribution in [0, 0.1) is 16.7 Å². The molecule has 28 heavy (non-hydrogen) atoms. The van der Waals surface area contributed by atoms with E-state index in [1.807, 2.05) is 0 Å². The minimum atomic E-state index is -1.07. The van der Waals surface area contributed by atoms with Crippen LogP contribution in [0.4, 0.5) is 0 Å². The Balaban J connectivity index is 1.74. The molecule has 8 nitrogen and oxygen atoms in total. The van der Waals surface area contributed by atoms with Crippen LogP contribution in [0.2, 0.25) is 0 Å². The first-order valence-corrected chi connectivity index (χ1v) is 9.75. The van der Waals surface area contributed by atoms with Crippen molar-refractivity contribution >= 4 is 23.6 Å². The number of fused-ring (bicyclic) bond motifs is 2. The van der Waals surface area contributed by atoms with Crippen LogP contribution < -0.4 is 14.2 Å². The van der Waals surface area contributed by atoms with Gasteiger partial charge in [0.15, 0.2) is 21.2 Å². The van der Waals surface area contributed by atoms with Crippen LogP contribution in [0.25, 0.3) is 0 Å². The zero-order chi connectivity index (χ0) is 20.1. The molecule has 0 unspecified atom stereocenters. The number of thioether (sulfide) groups is 1. The molecule has 0 saturated carbocycles. The third-order valence-electron chi connectivity index (χ3n) is 6.40. The van der Waals surface area contributed by atoms with E-state index >= 15 is 0 Å². The number of ether oxygens (including phenoxy) is 3. The zero-order valence-corrected chi connectivity index (χ0v) is 16.8. The fourth-order valence-electron chi connectivity index (χ4n) is 5.00. The summed E-state index contributed by atoms with van der Waals surface area (Å²) in [5.74, 6) is 1.15. The second-order valence-corrected chi connectivity index (χ2v) is 9.61. The minimum Gasteiger partial charge on any atom is -0.492 e. The lowest BCUT2D eigenvalue weighted by atomic mass is 9.79. The molecule has 3 saturated heterocycles. The molecule has 9 heteroatoms. The van der Waals surface area contributed by atoms with Crippen molar-refractivity contribution in [3.8, 4) is 23.3 Å². The van der Waals surface area contributed by atoms with E-state index in [-0.39, 0.29) is 25.0 Å². The molecular weight excluding hydrogens is 382 g/mol. The van der Waals surface area contributed by atoms with Gasteiger partial charge in [-0.2, -0.15) is 5.26 Å². The Morgan fingerprint density at radius 2 is 2.04 bits per heavy atom. The van der Waals surface area contributed by atoms with Gasteiger partial charge >= 0.3 is 0 Å². The molecule has 4 heterocycles. The van der Waals surface area contributed by atoms with E-state index in [2.05, 4.69) is 6.07 Å². The number of carbonyl (C=O) groups is 2. The summed E-state index contributed by atoms with van der Waals surface area (Å²) in [6.45, 7) is 3.65. The summed E-state index contributed by atoms with van der Waals surface area (Å²) < 4.78 is 16.6. The molecule has 1 spiro atoms. The van der Waals surface area contributed by atoms with Crippen LogP contribution in [-0.4, -0.2) is 52.3 Å². The van der Waals surface area contributed by atoms with E-state index < -0.39 is 21.2 Å². The number of rotatable bonds is 2. The van der Waals surface area contributed by atoms with Crippen LogP contribution in [0.5, 0.6) is 17.2 Å². The Morgan fingerprint density at radius 3 is 2.71 bits per heavy atom. The number of nitriles is 1. The summed E-state index contributed by atoms with van der Waals surface area (Å²) in [5, 5.41) is 10.1. The summed E-state index contributed by atoms with van der Waals surface area (Å²) in [6.07, 6.45) is 0.258. The number of nitrogens with zero attached hydrogens (tertiary/aromatic N) is 3. The summed E-state index contributed by atoms with van der Waals surface area (Å²) in [6, 6.07) is 5.29. The molecule has 4 atom stereocenters. The Morgan fingerprint density at radius 1 is 1.29 bits per heavy atom. The summed E-state index contributed by atoms with van der Waals surface area (Å²) in [7, 11) is 3.17. The standard InChI is InChI=1S/C19H19N3O5S/c1-17(8-20)7-19-16(24)21(3)18(2,28-19)15(23)22(19)14(17)10-5-6-11-13(12(10)25-4)27-9-26-11/h5-6,14H,7,9H2,1-4H3/t14-,17+,18-,19-/m0/s1. The van der Waals surface area contributed by atoms with Gasteiger partial charge in [0, 0.05) is 19.0 Å². The third-order valence-corrected chi connectivity index (χ3v) is 8.10. The number of carbonyl (C=O) groups excluding carboxylic acids is 2. The van der Waals surface area contributed by atoms with E-state index in [1.54, 1.807) is 37.9 Å². The lowest BCUT2D eigenvalue weighted by Gasteiger charge is -2.40. The van der Waals surface area contributed by atoms with Gasteiger partial charge in [-0.1, -0.05) is 11.8 Å². The van der Waals surface area contributed by atoms with Crippen LogP contribution in [0.3, 0.4) is 0 Å². The molecule has 0 aliphatic carbocycles. The first-order valence-electron chi connectivity index (χ1n) is 8.93. The largest absolute Gasteiger partial charge is 0.492 e. The van der Waals surface area contributed by atoms with Crippen molar-refractivity contribution in [3.05, 3.63) is 17.7 Å². The quantitative estimate of drug-likeness (QED) is 0.747. The van der Waals surface area contributed by atoms with Crippen LogP contribution >= 0.6 is 11.8 Å². The first kappa shape index (κ1) is 17.5. The van der Waals surface area contributed by atoms with E-state index in [0.717, 1.165) is 0 Å². The van der Waals surface area contributed by atoms with Crippen molar-refractivity contribution in [1.82, 2.24) is 9.80 Å². The maximum Gasteiger partial charge on any atom is 0.261 e. The van der Waals surface area contributed by atoms with Gasteiger partial charge in [-0.25, -0.2) is 0 Å². The lowest BCUT2D eigenvalue weighted by Crippen LogP contribution is -2.60. The van der Waals surface area contributed by atoms with Gasteiger partial charge in [0.25, 0.3) is 11.8 Å². The number of benzene rings is 1. The Hall–Kier alpha value is -2.60. The van der Waals surface area contributed by atoms with Gasteiger partial charge < -0.3 is 24.0 Å². The number of likely N-dealkylation sites (N-methyl/N-ethyl adjacent to an activating group) is 1. The van der Waals surface area contributed by atoms with Gasteiger partial charge in [0.05, 0.1) is 24.6 Å². The minimum absolute atomic E-state index is 0.0825. The van der Waals surface area contributed by atoms with Crippen molar-refractivity contribution in [2.24, 2.45) is 5.41 Å². The molecule has 1 aromatic carbocycles. The van der Waals surface area contributed by atoms with E-state index in [1.165, 1.54) is 23.8 Å². The van der Waals surface area contributed by atoms with Crippen molar-refractivity contribution in [1.29, 1.82) is 5.26 Å². The molecular formula is C19H19N3O5S. The summed E-state index contributed by atoms with van der Waals surface area (Å²) >= 11 is 1.34. The monoisotopic (exact) mass is 401 g/mol. The van der Waals surface area contributed by atoms with Crippen LogP contribution in [0.1, 0.15) is 31.9 Å². The normalized spacial score (nSPS) is 37.5. The SMILES string of the molecule is COc1c([C@@H]2N3C(=O)[C@]4(C)S[C@@]3(C[C@]2(C)C#N)C(=O)N4C)ccc2c1OCO2. The second kappa shape index (κ2) is 5.06. The number of hydrogen-bond acceptors (Lipinski definition) is 7. The van der Waals surface area contributed by atoms with E-state index in [0.29, 0.717) is 22.8 Å². The summed E-state index contributed by atoms with van der Waals surface area (Å²) in [4.78, 5) is 27.7. The maximum absolute atomic E-state index is 13.4. The average molecular weight is 401 g/mol. The Bertz CT molecular complexity index is 993. The van der Waals surface area contributed by atoms with Crippen molar-refractivity contribution in [2.45, 2.75) is 36.1 Å². The maximum atomic E-state index is 13.4. The Labute approximate surface area is 166 Å². The summed E-state index contributed by atoms with van der Waals surface area (Å²) in [5.41, 5.74) is -0.320. The highest BCUT2D eigenvalue weighted by Crippen LogP contribution is 2.70. The molecule has 0 aromatic heterocycles. The fourth-order valence-corrected chi connectivity index (χ4v) is 6.94. The molecule has 0 N–H and O–H groups in total. The first-order chi connectivity index (χ1) is 13.2. The number of piperazine rings is 1. The molecule has 0 radical (unpaired) electrons. The Kier molecular flexibility index (Phi) is 3.16.